The Labute approximate surface area is 224 Å². The van der Waals surface area contributed by atoms with Crippen LogP contribution in [-0.2, 0) is 28.9 Å². The predicted octanol–water partition coefficient (Wildman–Crippen LogP) is 4.93. The molecule has 0 bridgehead atoms. The van der Waals surface area contributed by atoms with Crippen molar-refractivity contribution in [3.8, 4) is 11.3 Å². The fourth-order valence-electron chi connectivity index (χ4n) is 4.32. The molecule has 0 spiro atoms. The summed E-state index contributed by atoms with van der Waals surface area (Å²) in [6.07, 6.45) is 2.14. The third-order valence-corrected chi connectivity index (χ3v) is 6.29. The highest BCUT2D eigenvalue weighted by molar-refractivity contribution is 5.92. The number of rotatable bonds is 10. The molecular formula is C27H33F3N4O5. The van der Waals surface area contributed by atoms with Gasteiger partial charge in [-0.15, -0.1) is 0 Å². The molecular weight excluding hydrogens is 517 g/mol. The Bertz CT molecular complexity index is 1270. The molecule has 0 saturated carbocycles. The van der Waals surface area contributed by atoms with E-state index in [2.05, 4.69) is 23.3 Å². The van der Waals surface area contributed by atoms with Crippen molar-refractivity contribution in [2.75, 3.05) is 19.7 Å². The van der Waals surface area contributed by atoms with Crippen molar-refractivity contribution >= 4 is 11.9 Å². The zero-order valence-corrected chi connectivity index (χ0v) is 22.2. The Morgan fingerprint density at radius 1 is 1.23 bits per heavy atom. The average Bonchev–Trinajstić information content (AvgIpc) is 3.49. The van der Waals surface area contributed by atoms with Crippen LogP contribution in [0.25, 0.3) is 11.3 Å². The number of fused-ring (bicyclic) bond motifs is 3. The molecule has 39 heavy (non-hydrogen) atoms. The van der Waals surface area contributed by atoms with Crippen molar-refractivity contribution in [2.24, 2.45) is 0 Å². The van der Waals surface area contributed by atoms with Gasteiger partial charge >= 0.3 is 18.1 Å². The summed E-state index contributed by atoms with van der Waals surface area (Å²) in [4.78, 5) is 25.9. The number of carbonyl (C=O) groups is 2. The van der Waals surface area contributed by atoms with Crippen LogP contribution in [0.2, 0.25) is 0 Å². The van der Waals surface area contributed by atoms with Crippen molar-refractivity contribution in [1.82, 2.24) is 20.1 Å². The van der Waals surface area contributed by atoms with Crippen LogP contribution in [0.1, 0.15) is 65.7 Å². The second-order valence-electron chi connectivity index (χ2n) is 9.20. The summed E-state index contributed by atoms with van der Waals surface area (Å²) in [7, 11) is 0. The van der Waals surface area contributed by atoms with Gasteiger partial charge in [-0.2, -0.15) is 18.3 Å². The number of aryl methyl sites for hydroxylation is 3. The molecule has 1 unspecified atom stereocenters. The zero-order chi connectivity index (χ0) is 28.6. The quantitative estimate of drug-likeness (QED) is 0.270. The number of hydrogen-bond donors (Lipinski definition) is 2. The van der Waals surface area contributed by atoms with Crippen LogP contribution in [0.4, 0.5) is 13.2 Å². The Hall–Kier alpha value is -3.67. The second kappa shape index (κ2) is 13.4. The highest BCUT2D eigenvalue weighted by Gasteiger charge is 2.38. The number of aliphatic carboxylic acids is 1. The molecule has 9 nitrogen and oxygen atoms in total. The number of carbonyl (C=O) groups excluding carboxylic acids is 1. The molecule has 1 atom stereocenters. The molecule has 4 rings (SSSR count). The van der Waals surface area contributed by atoms with E-state index in [-0.39, 0.29) is 5.97 Å². The molecule has 3 aromatic rings. The van der Waals surface area contributed by atoms with Crippen molar-refractivity contribution in [3.05, 3.63) is 58.9 Å². The van der Waals surface area contributed by atoms with Gasteiger partial charge < -0.3 is 19.6 Å². The molecule has 3 heterocycles. The lowest BCUT2D eigenvalue weighted by Crippen LogP contribution is -2.21. The van der Waals surface area contributed by atoms with E-state index in [1.54, 1.807) is 6.20 Å². The number of nitrogens with zero attached hydrogens (tertiary/aromatic N) is 3. The first kappa shape index (κ1) is 29.9. The van der Waals surface area contributed by atoms with E-state index in [1.165, 1.54) is 5.56 Å². The summed E-state index contributed by atoms with van der Waals surface area (Å²) >= 11 is 0. The fraction of sp³-hybridized carbons (Fsp3) is 0.481. The fourth-order valence-corrected chi connectivity index (χ4v) is 4.32. The molecule has 12 heteroatoms. The standard InChI is InChI=1S/C25H32N4O3.C2HF3O2/c1-4-31-25(30)24-21-8-7-19-16-27-14-11-20(19)23(21)28-29(24)15-5-12-26-13-10-17(2)22-9-6-18(3)32-22;3-2(4,5)1(6)7/h6,9,11,14,16-17,26H,4-5,7-8,10,12-13,15H2,1-3H3;(H,6,7). The second-order valence-corrected chi connectivity index (χ2v) is 9.20. The van der Waals surface area contributed by atoms with Gasteiger partial charge in [0.25, 0.3) is 0 Å². The van der Waals surface area contributed by atoms with E-state index in [4.69, 9.17) is 24.2 Å². The monoisotopic (exact) mass is 550 g/mol. The molecule has 1 aliphatic rings. The Morgan fingerprint density at radius 3 is 2.62 bits per heavy atom. The highest BCUT2D eigenvalue weighted by Crippen LogP contribution is 2.34. The SMILES string of the molecule is CCOC(=O)c1c2c(nn1CCCNCCC(C)c1ccc(C)o1)-c1ccncc1CC2.O=C(O)C(F)(F)F. The van der Waals surface area contributed by atoms with E-state index in [9.17, 15) is 18.0 Å². The normalized spacial score (nSPS) is 13.1. The van der Waals surface area contributed by atoms with Crippen LogP contribution < -0.4 is 5.32 Å². The molecule has 0 aliphatic heterocycles. The number of carboxylic acid groups (broad SMARTS) is 1. The van der Waals surface area contributed by atoms with Crippen LogP contribution in [0.5, 0.6) is 0 Å². The van der Waals surface area contributed by atoms with Crippen LogP contribution in [0.15, 0.2) is 35.0 Å². The number of alkyl halides is 3. The Balaban J connectivity index is 0.000000532. The average molecular weight is 551 g/mol. The smallest absolute Gasteiger partial charge is 0.475 e. The van der Waals surface area contributed by atoms with Gasteiger partial charge in [-0.1, -0.05) is 6.92 Å². The lowest BCUT2D eigenvalue weighted by molar-refractivity contribution is -0.192. The molecule has 2 N–H and O–H groups in total. The minimum absolute atomic E-state index is 0.283. The first-order valence-corrected chi connectivity index (χ1v) is 12.8. The number of aromatic nitrogens is 3. The van der Waals surface area contributed by atoms with Crippen LogP contribution in [0.3, 0.4) is 0 Å². The van der Waals surface area contributed by atoms with Crippen LogP contribution in [0, 0.1) is 6.92 Å². The van der Waals surface area contributed by atoms with E-state index in [1.807, 2.05) is 36.9 Å². The summed E-state index contributed by atoms with van der Waals surface area (Å²) in [5.74, 6) is -0.653. The number of carboxylic acids is 1. The van der Waals surface area contributed by atoms with Gasteiger partial charge in [0.15, 0.2) is 0 Å². The van der Waals surface area contributed by atoms with E-state index in [0.717, 1.165) is 67.1 Å². The molecule has 0 saturated heterocycles. The maximum atomic E-state index is 12.7. The molecule has 0 aromatic carbocycles. The number of hydrogen-bond acceptors (Lipinski definition) is 7. The van der Waals surface area contributed by atoms with Gasteiger partial charge in [0.1, 0.15) is 17.2 Å². The molecule has 0 radical (unpaired) electrons. The van der Waals surface area contributed by atoms with Gasteiger partial charge in [-0.3, -0.25) is 9.67 Å². The first-order valence-electron chi connectivity index (χ1n) is 12.8. The number of esters is 1. The van der Waals surface area contributed by atoms with Gasteiger partial charge in [0.05, 0.1) is 12.3 Å². The molecule has 3 aromatic heterocycles. The lowest BCUT2D eigenvalue weighted by atomic mass is 9.90. The van der Waals surface area contributed by atoms with E-state index >= 15 is 0 Å². The van der Waals surface area contributed by atoms with Crippen molar-refractivity contribution in [3.63, 3.8) is 0 Å². The number of furan rings is 1. The van der Waals surface area contributed by atoms with Crippen LogP contribution in [-0.4, -0.2) is 57.7 Å². The van der Waals surface area contributed by atoms with Crippen molar-refractivity contribution in [2.45, 2.75) is 65.1 Å². The number of halogens is 3. The number of pyridine rings is 1. The highest BCUT2D eigenvalue weighted by atomic mass is 19.4. The molecule has 0 amide bonds. The van der Waals surface area contributed by atoms with Crippen molar-refractivity contribution < 1.29 is 37.0 Å². The summed E-state index contributed by atoms with van der Waals surface area (Å²) in [5.41, 5.74) is 4.75. The predicted molar refractivity (Wildman–Crippen MR) is 136 cm³/mol. The molecule has 0 fully saturated rings. The Kier molecular flexibility index (Phi) is 10.3. The lowest BCUT2D eigenvalue weighted by Gasteiger charge is -2.15. The minimum Gasteiger partial charge on any atom is -0.475 e. The summed E-state index contributed by atoms with van der Waals surface area (Å²) in [6, 6.07) is 6.06. The maximum Gasteiger partial charge on any atom is 0.490 e. The first-order chi connectivity index (χ1) is 18.5. The van der Waals surface area contributed by atoms with Crippen LogP contribution >= 0.6 is 0 Å². The van der Waals surface area contributed by atoms with Gasteiger partial charge in [0.2, 0.25) is 0 Å². The van der Waals surface area contributed by atoms with Crippen molar-refractivity contribution in [1.29, 1.82) is 0 Å². The third-order valence-electron chi connectivity index (χ3n) is 6.29. The summed E-state index contributed by atoms with van der Waals surface area (Å²) in [5, 5.41) is 15.5. The summed E-state index contributed by atoms with van der Waals surface area (Å²) in [6.45, 7) is 8.80. The Morgan fingerprint density at radius 2 is 1.97 bits per heavy atom. The largest absolute Gasteiger partial charge is 0.490 e. The third kappa shape index (κ3) is 7.92. The van der Waals surface area contributed by atoms with E-state index < -0.39 is 12.1 Å². The van der Waals surface area contributed by atoms with Gasteiger partial charge in [-0.25, -0.2) is 9.59 Å². The molecule has 1 aliphatic carbocycles. The maximum absolute atomic E-state index is 12.7. The van der Waals surface area contributed by atoms with Gasteiger partial charge in [0, 0.05) is 36.0 Å². The summed E-state index contributed by atoms with van der Waals surface area (Å²) < 4.78 is 44.7. The number of ether oxygens (including phenoxy) is 1. The van der Waals surface area contributed by atoms with Gasteiger partial charge in [-0.05, 0) is 76.4 Å². The molecule has 212 valence electrons. The zero-order valence-electron chi connectivity index (χ0n) is 22.2. The van der Waals surface area contributed by atoms with E-state index in [0.29, 0.717) is 24.8 Å². The minimum atomic E-state index is -5.08. The number of nitrogens with one attached hydrogen (secondary N) is 1. The topological polar surface area (TPSA) is 119 Å².